The molecule has 1 N–H and O–H groups in total. The summed E-state index contributed by atoms with van der Waals surface area (Å²) in [6, 6.07) is 5.13. The summed E-state index contributed by atoms with van der Waals surface area (Å²) in [4.78, 5) is 21.1. The van der Waals surface area contributed by atoms with E-state index in [2.05, 4.69) is 15.3 Å². The predicted octanol–water partition coefficient (Wildman–Crippen LogP) is 2.99. The molecule has 0 saturated heterocycles. The van der Waals surface area contributed by atoms with Crippen LogP contribution < -0.4 is 19.7 Å². The third-order valence-electron chi connectivity index (χ3n) is 3.71. The van der Waals surface area contributed by atoms with E-state index < -0.39 is 4.92 Å². The first-order valence-electron chi connectivity index (χ1n) is 7.79. The van der Waals surface area contributed by atoms with Crippen LogP contribution in [-0.4, -0.2) is 42.2 Å². The fraction of sp³-hybridized carbons (Fsp3) is 0.375. The highest BCUT2D eigenvalue weighted by molar-refractivity contribution is 5.77. The van der Waals surface area contributed by atoms with Gasteiger partial charge in [-0.1, -0.05) is 0 Å². The normalized spacial score (nSPS) is 10.2. The van der Waals surface area contributed by atoms with E-state index in [0.29, 0.717) is 30.3 Å². The first-order valence-corrected chi connectivity index (χ1v) is 7.79. The van der Waals surface area contributed by atoms with Crippen molar-refractivity contribution in [2.24, 2.45) is 0 Å². The molecule has 1 aromatic carbocycles. The topological polar surface area (TPSA) is 103 Å². The zero-order chi connectivity index (χ0) is 18.4. The molecule has 2 rings (SSSR count). The van der Waals surface area contributed by atoms with Gasteiger partial charge < -0.3 is 19.7 Å². The van der Waals surface area contributed by atoms with Crippen molar-refractivity contribution in [1.29, 1.82) is 0 Å². The Kier molecular flexibility index (Phi) is 5.93. The zero-order valence-electron chi connectivity index (χ0n) is 14.6. The Bertz CT molecular complexity index is 749. The Hall–Kier alpha value is -3.10. The molecule has 25 heavy (non-hydrogen) atoms. The van der Waals surface area contributed by atoms with Crippen molar-refractivity contribution in [2.45, 2.75) is 13.8 Å². The molecule has 9 nitrogen and oxygen atoms in total. The van der Waals surface area contributed by atoms with Gasteiger partial charge in [0, 0.05) is 19.2 Å². The minimum atomic E-state index is -0.483. The van der Waals surface area contributed by atoms with Crippen molar-refractivity contribution in [1.82, 2.24) is 9.97 Å². The SMILES string of the molecule is CCN(CC)c1ncnc(Nc2cc(OC)ccc2OC)c1[N+](=O)[O-]. The summed E-state index contributed by atoms with van der Waals surface area (Å²) in [5.74, 6) is 1.46. The molecule has 0 fully saturated rings. The molecule has 0 bridgehead atoms. The summed E-state index contributed by atoms with van der Waals surface area (Å²) in [7, 11) is 3.06. The molecule has 1 aromatic heterocycles. The molecule has 0 aliphatic rings. The van der Waals surface area contributed by atoms with Gasteiger partial charge in [-0.05, 0) is 26.0 Å². The number of aromatic nitrogens is 2. The van der Waals surface area contributed by atoms with Gasteiger partial charge in [-0.25, -0.2) is 9.97 Å². The predicted molar refractivity (Wildman–Crippen MR) is 95.1 cm³/mol. The lowest BCUT2D eigenvalue weighted by Gasteiger charge is -2.20. The van der Waals surface area contributed by atoms with Crippen LogP contribution in [0.4, 0.5) is 23.0 Å². The van der Waals surface area contributed by atoms with Crippen molar-refractivity contribution in [3.63, 3.8) is 0 Å². The summed E-state index contributed by atoms with van der Waals surface area (Å²) >= 11 is 0. The van der Waals surface area contributed by atoms with E-state index in [-0.39, 0.29) is 17.3 Å². The third-order valence-corrected chi connectivity index (χ3v) is 3.71. The van der Waals surface area contributed by atoms with E-state index in [1.807, 2.05) is 13.8 Å². The second-order valence-electron chi connectivity index (χ2n) is 5.02. The Morgan fingerprint density at radius 2 is 1.92 bits per heavy atom. The van der Waals surface area contributed by atoms with Crippen molar-refractivity contribution in [2.75, 3.05) is 37.5 Å². The summed E-state index contributed by atoms with van der Waals surface area (Å²) in [6.45, 7) is 5.01. The third kappa shape index (κ3) is 3.87. The van der Waals surface area contributed by atoms with Gasteiger partial charge in [-0.2, -0.15) is 0 Å². The van der Waals surface area contributed by atoms with Crippen LogP contribution in [0.5, 0.6) is 11.5 Å². The number of hydrogen-bond acceptors (Lipinski definition) is 8. The lowest BCUT2D eigenvalue weighted by Crippen LogP contribution is -2.24. The van der Waals surface area contributed by atoms with Gasteiger partial charge >= 0.3 is 5.69 Å². The number of anilines is 3. The largest absolute Gasteiger partial charge is 0.497 e. The Labute approximate surface area is 145 Å². The molecular formula is C16H21N5O4. The first-order chi connectivity index (χ1) is 12.0. The Morgan fingerprint density at radius 1 is 1.20 bits per heavy atom. The van der Waals surface area contributed by atoms with Crippen LogP contribution in [-0.2, 0) is 0 Å². The Balaban J connectivity index is 2.53. The van der Waals surface area contributed by atoms with Crippen LogP contribution >= 0.6 is 0 Å². The quantitative estimate of drug-likeness (QED) is 0.574. The van der Waals surface area contributed by atoms with Gasteiger partial charge in [0.1, 0.15) is 17.8 Å². The van der Waals surface area contributed by atoms with Crippen LogP contribution in [0.25, 0.3) is 0 Å². The van der Waals surface area contributed by atoms with E-state index in [4.69, 9.17) is 9.47 Å². The average Bonchev–Trinajstić information content (AvgIpc) is 2.62. The molecule has 0 atom stereocenters. The fourth-order valence-corrected chi connectivity index (χ4v) is 2.42. The van der Waals surface area contributed by atoms with Gasteiger partial charge in [-0.3, -0.25) is 10.1 Å². The van der Waals surface area contributed by atoms with Crippen LogP contribution in [0.15, 0.2) is 24.5 Å². The monoisotopic (exact) mass is 347 g/mol. The van der Waals surface area contributed by atoms with Crippen LogP contribution in [0, 0.1) is 10.1 Å². The first kappa shape index (κ1) is 18.2. The minimum Gasteiger partial charge on any atom is -0.497 e. The van der Waals surface area contributed by atoms with E-state index in [9.17, 15) is 10.1 Å². The molecule has 1 heterocycles. The molecule has 0 aliphatic heterocycles. The maximum atomic E-state index is 11.6. The summed E-state index contributed by atoms with van der Waals surface area (Å²) in [5, 5.41) is 14.6. The highest BCUT2D eigenvalue weighted by Crippen LogP contribution is 2.37. The maximum Gasteiger partial charge on any atom is 0.353 e. The van der Waals surface area contributed by atoms with Gasteiger partial charge in [0.15, 0.2) is 0 Å². The molecule has 0 radical (unpaired) electrons. The minimum absolute atomic E-state index is 0.0912. The Morgan fingerprint density at radius 3 is 2.48 bits per heavy atom. The maximum absolute atomic E-state index is 11.6. The van der Waals surface area contributed by atoms with Crippen molar-refractivity contribution < 1.29 is 14.4 Å². The van der Waals surface area contributed by atoms with Crippen LogP contribution in [0.3, 0.4) is 0 Å². The number of hydrogen-bond donors (Lipinski definition) is 1. The van der Waals surface area contributed by atoms with Crippen molar-refractivity contribution in [3.8, 4) is 11.5 Å². The summed E-state index contributed by atoms with van der Waals surface area (Å²) in [5.41, 5.74) is 0.324. The highest BCUT2D eigenvalue weighted by Gasteiger charge is 2.26. The zero-order valence-corrected chi connectivity index (χ0v) is 14.6. The average molecular weight is 347 g/mol. The molecule has 0 amide bonds. The number of nitro groups is 1. The summed E-state index contributed by atoms with van der Waals surface area (Å²) in [6.07, 6.45) is 1.30. The number of ether oxygens (including phenoxy) is 2. The van der Waals surface area contributed by atoms with Crippen LogP contribution in [0.1, 0.15) is 13.8 Å². The smallest absolute Gasteiger partial charge is 0.353 e. The molecule has 9 heteroatoms. The van der Waals surface area contributed by atoms with Crippen molar-refractivity contribution in [3.05, 3.63) is 34.6 Å². The van der Waals surface area contributed by atoms with E-state index in [1.165, 1.54) is 20.5 Å². The van der Waals surface area contributed by atoms with Gasteiger partial charge in [0.25, 0.3) is 0 Å². The number of rotatable bonds is 8. The van der Waals surface area contributed by atoms with Gasteiger partial charge in [0.05, 0.1) is 24.8 Å². The second kappa shape index (κ2) is 8.13. The summed E-state index contributed by atoms with van der Waals surface area (Å²) < 4.78 is 10.5. The van der Waals surface area contributed by atoms with Gasteiger partial charge in [-0.15, -0.1) is 0 Å². The van der Waals surface area contributed by atoms with Crippen molar-refractivity contribution >= 4 is 23.0 Å². The van der Waals surface area contributed by atoms with E-state index in [0.717, 1.165) is 0 Å². The van der Waals surface area contributed by atoms with Gasteiger partial charge in [0.2, 0.25) is 11.6 Å². The lowest BCUT2D eigenvalue weighted by atomic mass is 10.2. The standard InChI is InChI=1S/C16H21N5O4/c1-5-20(6-2)16-14(21(22)23)15(17-10-18-16)19-12-9-11(24-3)7-8-13(12)25-4/h7-10H,5-6H2,1-4H3,(H,17,18,19). The van der Waals surface area contributed by atoms with Crippen LogP contribution in [0.2, 0.25) is 0 Å². The number of nitrogens with one attached hydrogen (secondary N) is 1. The second-order valence-corrected chi connectivity index (χ2v) is 5.02. The van der Waals surface area contributed by atoms with E-state index in [1.54, 1.807) is 23.1 Å². The molecular weight excluding hydrogens is 326 g/mol. The lowest BCUT2D eigenvalue weighted by molar-refractivity contribution is -0.383. The molecule has 0 unspecified atom stereocenters. The molecule has 2 aromatic rings. The number of nitrogens with zero attached hydrogens (tertiary/aromatic N) is 4. The number of benzene rings is 1. The fourth-order valence-electron chi connectivity index (χ4n) is 2.42. The molecule has 0 saturated carbocycles. The molecule has 0 aliphatic carbocycles. The highest BCUT2D eigenvalue weighted by atomic mass is 16.6. The molecule has 0 spiro atoms. The van der Waals surface area contributed by atoms with E-state index >= 15 is 0 Å². The molecule has 134 valence electrons. The number of methoxy groups -OCH3 is 2.